The highest BCUT2D eigenvalue weighted by atomic mass is 19.3. The second-order valence-corrected chi connectivity index (χ2v) is 4.53. The van der Waals surface area contributed by atoms with E-state index in [0.717, 1.165) is 12.0 Å². The Balaban J connectivity index is 2.59. The van der Waals surface area contributed by atoms with Gasteiger partial charge in [-0.25, -0.2) is 9.97 Å². The van der Waals surface area contributed by atoms with Crippen molar-refractivity contribution < 1.29 is 8.78 Å². The summed E-state index contributed by atoms with van der Waals surface area (Å²) in [4.78, 5) is 8.34. The second-order valence-electron chi connectivity index (χ2n) is 4.53. The van der Waals surface area contributed by atoms with Crippen LogP contribution in [0.5, 0.6) is 0 Å². The van der Waals surface area contributed by atoms with Crippen molar-refractivity contribution in [2.75, 3.05) is 0 Å². The van der Waals surface area contributed by atoms with Crippen LogP contribution in [0.4, 0.5) is 8.78 Å². The molecule has 2 rings (SSSR count). The molecular weight excluding hydrogens is 246 g/mol. The minimum Gasteiger partial charge on any atom is -0.249 e. The summed E-state index contributed by atoms with van der Waals surface area (Å²) < 4.78 is 27.8. The van der Waals surface area contributed by atoms with E-state index < -0.39 is 12.3 Å². The Morgan fingerprint density at radius 1 is 1.26 bits per heavy atom. The van der Waals surface area contributed by atoms with Gasteiger partial charge in [-0.05, 0) is 31.0 Å². The molecular formula is C15H16F2N2. The molecule has 0 radical (unpaired) electrons. The smallest absolute Gasteiger partial charge is 0.249 e. The van der Waals surface area contributed by atoms with Crippen molar-refractivity contribution in [1.29, 1.82) is 0 Å². The first kappa shape index (κ1) is 13.6. The first-order valence-electron chi connectivity index (χ1n) is 6.24. The van der Waals surface area contributed by atoms with Gasteiger partial charge in [0, 0.05) is 6.42 Å². The van der Waals surface area contributed by atoms with E-state index in [1.165, 1.54) is 6.08 Å². The molecule has 0 fully saturated rings. The Bertz CT molecular complexity index is 621. The maximum Gasteiger partial charge on any atom is 0.294 e. The van der Waals surface area contributed by atoms with E-state index in [1.54, 1.807) is 13.0 Å². The Morgan fingerprint density at radius 2 is 2.00 bits per heavy atom. The SMILES string of the molecule is C=CCC(F)(F)c1nc2ccc(CC)cc2nc1C. The molecule has 0 N–H and O–H groups in total. The van der Waals surface area contributed by atoms with Crippen LogP contribution in [0.15, 0.2) is 30.9 Å². The fourth-order valence-corrected chi connectivity index (χ4v) is 2.03. The molecule has 0 saturated heterocycles. The first-order valence-corrected chi connectivity index (χ1v) is 6.24. The fraction of sp³-hybridized carbons (Fsp3) is 0.333. The number of hydrogen-bond acceptors (Lipinski definition) is 2. The number of fused-ring (bicyclic) bond motifs is 1. The summed E-state index contributed by atoms with van der Waals surface area (Å²) in [6, 6.07) is 5.53. The minimum atomic E-state index is -3.02. The monoisotopic (exact) mass is 262 g/mol. The van der Waals surface area contributed by atoms with Gasteiger partial charge in [0.1, 0.15) is 5.69 Å². The van der Waals surface area contributed by atoms with E-state index in [9.17, 15) is 8.78 Å². The predicted molar refractivity (Wildman–Crippen MR) is 72.4 cm³/mol. The number of nitrogens with zero attached hydrogens (tertiary/aromatic N) is 2. The van der Waals surface area contributed by atoms with Crippen molar-refractivity contribution in [2.24, 2.45) is 0 Å². The highest BCUT2D eigenvalue weighted by molar-refractivity contribution is 5.75. The van der Waals surface area contributed by atoms with E-state index in [4.69, 9.17) is 0 Å². The van der Waals surface area contributed by atoms with Crippen LogP contribution in [0, 0.1) is 6.92 Å². The standard InChI is InChI=1S/C15H16F2N2/c1-4-8-15(16,17)14-10(3)18-13-9-11(5-2)6-7-12(13)19-14/h4,6-7,9H,1,5,8H2,2-3H3. The summed E-state index contributed by atoms with van der Waals surface area (Å²) in [7, 11) is 0. The van der Waals surface area contributed by atoms with Gasteiger partial charge in [0.15, 0.2) is 0 Å². The third kappa shape index (κ3) is 2.62. The third-order valence-electron chi connectivity index (χ3n) is 3.06. The van der Waals surface area contributed by atoms with Gasteiger partial charge in [0.05, 0.1) is 16.7 Å². The van der Waals surface area contributed by atoms with E-state index in [2.05, 4.69) is 16.5 Å². The number of halogens is 2. The maximum atomic E-state index is 13.9. The van der Waals surface area contributed by atoms with E-state index >= 15 is 0 Å². The van der Waals surface area contributed by atoms with Gasteiger partial charge in [-0.15, -0.1) is 6.58 Å². The average Bonchev–Trinajstić information content (AvgIpc) is 2.36. The van der Waals surface area contributed by atoms with E-state index in [0.29, 0.717) is 11.0 Å². The van der Waals surface area contributed by atoms with E-state index in [1.807, 2.05) is 19.1 Å². The van der Waals surface area contributed by atoms with Gasteiger partial charge in [-0.3, -0.25) is 0 Å². The molecule has 0 spiro atoms. The summed E-state index contributed by atoms with van der Waals surface area (Å²) in [6.45, 7) is 6.96. The van der Waals surface area contributed by atoms with Crippen LogP contribution < -0.4 is 0 Å². The Hall–Kier alpha value is -1.84. The number of rotatable bonds is 4. The number of allylic oxidation sites excluding steroid dienone is 1. The molecule has 2 aromatic rings. The molecule has 0 saturated carbocycles. The molecule has 0 atom stereocenters. The largest absolute Gasteiger partial charge is 0.294 e. The Labute approximate surface area is 111 Å². The highest BCUT2D eigenvalue weighted by Gasteiger charge is 2.34. The molecule has 1 aromatic carbocycles. The molecule has 100 valence electrons. The molecule has 0 bridgehead atoms. The fourth-order valence-electron chi connectivity index (χ4n) is 2.03. The lowest BCUT2D eigenvalue weighted by molar-refractivity contribution is -0.00615. The predicted octanol–water partition coefficient (Wildman–Crippen LogP) is 4.17. The maximum absolute atomic E-state index is 13.9. The molecule has 1 aromatic heterocycles. The zero-order chi connectivity index (χ0) is 14.0. The van der Waals surface area contributed by atoms with Crippen LogP contribution in [0.3, 0.4) is 0 Å². The number of benzene rings is 1. The van der Waals surface area contributed by atoms with Gasteiger partial charge in [-0.2, -0.15) is 8.78 Å². The molecule has 0 aliphatic carbocycles. The van der Waals surface area contributed by atoms with Crippen molar-refractivity contribution in [3.8, 4) is 0 Å². The number of alkyl halides is 2. The average molecular weight is 262 g/mol. The van der Waals surface area contributed by atoms with Crippen LogP contribution in [0.1, 0.15) is 30.3 Å². The zero-order valence-corrected chi connectivity index (χ0v) is 11.1. The van der Waals surface area contributed by atoms with Crippen molar-refractivity contribution >= 4 is 11.0 Å². The summed E-state index contributed by atoms with van der Waals surface area (Å²) >= 11 is 0. The molecule has 0 unspecified atom stereocenters. The van der Waals surface area contributed by atoms with Crippen LogP contribution in [-0.2, 0) is 12.3 Å². The van der Waals surface area contributed by atoms with Crippen molar-refractivity contribution in [2.45, 2.75) is 32.6 Å². The number of aryl methyl sites for hydroxylation is 2. The lowest BCUT2D eigenvalue weighted by Crippen LogP contribution is -2.17. The Kier molecular flexibility index (Phi) is 3.60. The van der Waals surface area contributed by atoms with Gasteiger partial charge >= 0.3 is 0 Å². The van der Waals surface area contributed by atoms with Crippen LogP contribution in [0.25, 0.3) is 11.0 Å². The second kappa shape index (κ2) is 5.03. The zero-order valence-electron chi connectivity index (χ0n) is 11.1. The van der Waals surface area contributed by atoms with Crippen molar-refractivity contribution in [3.63, 3.8) is 0 Å². The normalized spacial score (nSPS) is 11.8. The van der Waals surface area contributed by atoms with Gasteiger partial charge in [-0.1, -0.05) is 19.1 Å². The first-order chi connectivity index (χ1) is 8.97. The van der Waals surface area contributed by atoms with Gasteiger partial charge in [0.25, 0.3) is 5.92 Å². The van der Waals surface area contributed by atoms with Crippen molar-refractivity contribution in [1.82, 2.24) is 9.97 Å². The van der Waals surface area contributed by atoms with Gasteiger partial charge < -0.3 is 0 Å². The van der Waals surface area contributed by atoms with Crippen LogP contribution in [0.2, 0.25) is 0 Å². The minimum absolute atomic E-state index is 0.260. The lowest BCUT2D eigenvalue weighted by atomic mass is 10.1. The number of aromatic nitrogens is 2. The molecule has 0 aliphatic heterocycles. The topological polar surface area (TPSA) is 25.8 Å². The third-order valence-corrected chi connectivity index (χ3v) is 3.06. The molecule has 19 heavy (non-hydrogen) atoms. The summed E-state index contributed by atoms with van der Waals surface area (Å²) in [5.74, 6) is -3.02. The summed E-state index contributed by atoms with van der Waals surface area (Å²) in [5.41, 5.74) is 2.29. The molecule has 0 amide bonds. The molecule has 4 heteroatoms. The van der Waals surface area contributed by atoms with Crippen LogP contribution >= 0.6 is 0 Å². The lowest BCUT2D eigenvalue weighted by Gasteiger charge is -2.16. The molecule has 1 heterocycles. The molecule has 2 nitrogen and oxygen atoms in total. The van der Waals surface area contributed by atoms with Crippen molar-refractivity contribution in [3.05, 3.63) is 47.8 Å². The Morgan fingerprint density at radius 3 is 2.63 bits per heavy atom. The quantitative estimate of drug-likeness (QED) is 0.773. The molecule has 0 aliphatic rings. The van der Waals surface area contributed by atoms with Gasteiger partial charge in [0.2, 0.25) is 0 Å². The summed E-state index contributed by atoms with van der Waals surface area (Å²) in [6.07, 6.45) is 1.65. The number of hydrogen-bond donors (Lipinski definition) is 0. The van der Waals surface area contributed by atoms with Crippen LogP contribution in [-0.4, -0.2) is 9.97 Å². The highest BCUT2D eigenvalue weighted by Crippen LogP contribution is 2.33. The summed E-state index contributed by atoms with van der Waals surface area (Å²) in [5, 5.41) is 0. The van der Waals surface area contributed by atoms with E-state index in [-0.39, 0.29) is 11.4 Å².